The maximum Gasteiger partial charge on any atom is 0.152 e. The fraction of sp³-hybridized carbons (Fsp3) is 0.700. The van der Waals surface area contributed by atoms with Crippen molar-refractivity contribution >= 4 is 5.78 Å². The van der Waals surface area contributed by atoms with Crippen LogP contribution in [0.25, 0.3) is 0 Å². The lowest BCUT2D eigenvalue weighted by Crippen LogP contribution is -2.17. The van der Waals surface area contributed by atoms with Crippen molar-refractivity contribution in [1.29, 1.82) is 0 Å². The average Bonchev–Trinajstić information content (AvgIpc) is 2.04. The Morgan fingerprint density at radius 3 is 2.50 bits per heavy atom. The summed E-state index contributed by atoms with van der Waals surface area (Å²) in [6.07, 6.45) is 4.52. The van der Waals surface area contributed by atoms with Crippen LogP contribution >= 0.6 is 0 Å². The summed E-state index contributed by atoms with van der Waals surface area (Å²) in [7, 11) is 1.67. The Bertz CT molecular complexity index is 161. The van der Waals surface area contributed by atoms with Gasteiger partial charge in [0.15, 0.2) is 5.78 Å². The molecule has 0 saturated heterocycles. The van der Waals surface area contributed by atoms with E-state index in [1.807, 2.05) is 6.08 Å². The van der Waals surface area contributed by atoms with Gasteiger partial charge in [-0.1, -0.05) is 26.3 Å². The Hall–Kier alpha value is -0.630. The van der Waals surface area contributed by atoms with E-state index < -0.39 is 0 Å². The van der Waals surface area contributed by atoms with Gasteiger partial charge in [0.25, 0.3) is 0 Å². The molecule has 0 bridgehead atoms. The molecule has 0 fully saturated rings. The minimum atomic E-state index is 0.0684. The number of carbonyl (C=O) groups excluding carboxylic acids is 1. The van der Waals surface area contributed by atoms with Crippen molar-refractivity contribution in [2.45, 2.75) is 33.3 Å². The van der Waals surface area contributed by atoms with E-state index in [2.05, 4.69) is 13.8 Å². The highest BCUT2D eigenvalue weighted by molar-refractivity contribution is 5.87. The standard InChI is InChI=1S/C10H18O2/c1-5-8(2)10(12-4)7-6-9(3)11/h6-8,10H,5H2,1-4H3/b7-6+. The zero-order valence-electron chi connectivity index (χ0n) is 8.33. The lowest BCUT2D eigenvalue weighted by atomic mass is 10.0. The van der Waals surface area contributed by atoms with Gasteiger partial charge in [0.1, 0.15) is 0 Å². The maximum absolute atomic E-state index is 10.6. The number of hydrogen-bond donors (Lipinski definition) is 0. The summed E-state index contributed by atoms with van der Waals surface area (Å²) in [5, 5.41) is 0. The van der Waals surface area contributed by atoms with Crippen LogP contribution in [-0.2, 0) is 9.53 Å². The highest BCUT2D eigenvalue weighted by Gasteiger charge is 2.10. The van der Waals surface area contributed by atoms with Crippen molar-refractivity contribution in [1.82, 2.24) is 0 Å². The van der Waals surface area contributed by atoms with Crippen LogP contribution in [0.5, 0.6) is 0 Å². The molecule has 0 heterocycles. The van der Waals surface area contributed by atoms with Gasteiger partial charge in [-0.2, -0.15) is 0 Å². The molecular weight excluding hydrogens is 152 g/mol. The molecule has 2 unspecified atom stereocenters. The van der Waals surface area contributed by atoms with E-state index in [-0.39, 0.29) is 11.9 Å². The van der Waals surface area contributed by atoms with E-state index in [1.165, 1.54) is 0 Å². The molecule has 0 aromatic carbocycles. The normalized spacial score (nSPS) is 16.3. The first-order chi connectivity index (χ1) is 5.61. The van der Waals surface area contributed by atoms with Gasteiger partial charge in [0.05, 0.1) is 6.10 Å². The molecule has 0 spiro atoms. The van der Waals surface area contributed by atoms with Gasteiger partial charge in [-0.25, -0.2) is 0 Å². The van der Waals surface area contributed by atoms with Gasteiger partial charge in [-0.3, -0.25) is 4.79 Å². The maximum atomic E-state index is 10.6. The SMILES string of the molecule is CCC(C)C(/C=C/C(C)=O)OC. The van der Waals surface area contributed by atoms with Crippen LogP contribution in [0.4, 0.5) is 0 Å². The zero-order valence-corrected chi connectivity index (χ0v) is 8.33. The van der Waals surface area contributed by atoms with E-state index in [9.17, 15) is 4.79 Å². The first kappa shape index (κ1) is 11.4. The summed E-state index contributed by atoms with van der Waals surface area (Å²) < 4.78 is 5.21. The fourth-order valence-electron chi connectivity index (χ4n) is 0.963. The molecule has 0 aromatic heterocycles. The van der Waals surface area contributed by atoms with Gasteiger partial charge >= 0.3 is 0 Å². The summed E-state index contributed by atoms with van der Waals surface area (Å²) in [4.78, 5) is 10.6. The molecule has 0 saturated carbocycles. The van der Waals surface area contributed by atoms with E-state index in [4.69, 9.17) is 4.74 Å². The topological polar surface area (TPSA) is 26.3 Å². The molecule has 2 atom stereocenters. The van der Waals surface area contributed by atoms with Crippen LogP contribution in [0.3, 0.4) is 0 Å². The van der Waals surface area contributed by atoms with Crippen molar-refractivity contribution in [2.75, 3.05) is 7.11 Å². The van der Waals surface area contributed by atoms with Crippen molar-refractivity contribution < 1.29 is 9.53 Å². The van der Waals surface area contributed by atoms with Crippen molar-refractivity contribution in [3.63, 3.8) is 0 Å². The average molecular weight is 170 g/mol. The Balaban J connectivity index is 4.07. The van der Waals surface area contributed by atoms with Crippen LogP contribution in [-0.4, -0.2) is 19.0 Å². The second-order valence-electron chi connectivity index (χ2n) is 3.06. The Labute approximate surface area is 74.6 Å². The van der Waals surface area contributed by atoms with Crippen LogP contribution in [0, 0.1) is 5.92 Å². The molecule has 0 aliphatic carbocycles. The molecule has 0 rings (SSSR count). The van der Waals surface area contributed by atoms with Crippen LogP contribution in [0.1, 0.15) is 27.2 Å². The van der Waals surface area contributed by atoms with Crippen LogP contribution in [0.15, 0.2) is 12.2 Å². The molecule has 70 valence electrons. The highest BCUT2D eigenvalue weighted by atomic mass is 16.5. The summed E-state index contributed by atoms with van der Waals surface area (Å²) in [6.45, 7) is 5.76. The first-order valence-corrected chi connectivity index (χ1v) is 4.33. The Morgan fingerprint density at radius 2 is 2.17 bits per heavy atom. The molecule has 2 nitrogen and oxygen atoms in total. The molecule has 0 N–H and O–H groups in total. The molecule has 0 aromatic rings. The van der Waals surface area contributed by atoms with Crippen LogP contribution in [0.2, 0.25) is 0 Å². The van der Waals surface area contributed by atoms with Gasteiger partial charge in [0.2, 0.25) is 0 Å². The van der Waals surface area contributed by atoms with Crippen molar-refractivity contribution in [3.8, 4) is 0 Å². The third-order valence-electron chi connectivity index (χ3n) is 2.00. The third-order valence-corrected chi connectivity index (χ3v) is 2.00. The number of ether oxygens (including phenoxy) is 1. The van der Waals surface area contributed by atoms with E-state index in [0.29, 0.717) is 5.92 Å². The molecule has 0 amide bonds. The minimum absolute atomic E-state index is 0.0684. The van der Waals surface area contributed by atoms with Gasteiger partial charge < -0.3 is 4.74 Å². The lowest BCUT2D eigenvalue weighted by molar-refractivity contribution is -0.112. The molecule has 0 radical (unpaired) electrons. The largest absolute Gasteiger partial charge is 0.377 e. The fourth-order valence-corrected chi connectivity index (χ4v) is 0.963. The van der Waals surface area contributed by atoms with E-state index in [0.717, 1.165) is 6.42 Å². The summed E-state index contributed by atoms with van der Waals surface area (Å²) in [5.74, 6) is 0.533. The second-order valence-corrected chi connectivity index (χ2v) is 3.06. The molecule has 2 heteroatoms. The number of methoxy groups -OCH3 is 1. The summed E-state index contributed by atoms with van der Waals surface area (Å²) in [5.41, 5.74) is 0. The quantitative estimate of drug-likeness (QED) is 0.591. The smallest absolute Gasteiger partial charge is 0.152 e. The predicted octanol–water partition coefficient (Wildman–Crippen LogP) is 2.19. The van der Waals surface area contributed by atoms with Gasteiger partial charge in [0, 0.05) is 7.11 Å². The molecular formula is C10H18O2. The monoisotopic (exact) mass is 170 g/mol. The number of rotatable bonds is 5. The number of hydrogen-bond acceptors (Lipinski definition) is 2. The number of allylic oxidation sites excluding steroid dienone is 1. The van der Waals surface area contributed by atoms with E-state index in [1.54, 1.807) is 20.1 Å². The molecule has 0 aliphatic rings. The Kier molecular flexibility index (Phi) is 5.64. The molecule has 12 heavy (non-hydrogen) atoms. The second kappa shape index (κ2) is 5.95. The van der Waals surface area contributed by atoms with Crippen molar-refractivity contribution in [3.05, 3.63) is 12.2 Å². The Morgan fingerprint density at radius 1 is 1.58 bits per heavy atom. The lowest BCUT2D eigenvalue weighted by Gasteiger charge is -2.17. The first-order valence-electron chi connectivity index (χ1n) is 4.33. The van der Waals surface area contributed by atoms with E-state index >= 15 is 0 Å². The van der Waals surface area contributed by atoms with Crippen LogP contribution < -0.4 is 0 Å². The number of carbonyl (C=O) groups is 1. The van der Waals surface area contributed by atoms with Gasteiger partial charge in [-0.05, 0) is 18.9 Å². The summed E-state index contributed by atoms with van der Waals surface area (Å²) >= 11 is 0. The van der Waals surface area contributed by atoms with Crippen molar-refractivity contribution in [2.24, 2.45) is 5.92 Å². The highest BCUT2D eigenvalue weighted by Crippen LogP contribution is 2.11. The van der Waals surface area contributed by atoms with Gasteiger partial charge in [-0.15, -0.1) is 0 Å². The minimum Gasteiger partial charge on any atom is -0.377 e. The predicted molar refractivity (Wildman–Crippen MR) is 50.1 cm³/mol. The third kappa shape index (κ3) is 4.29. The molecule has 0 aliphatic heterocycles. The number of ketones is 1. The zero-order chi connectivity index (χ0) is 9.56. The summed E-state index contributed by atoms with van der Waals surface area (Å²) in [6, 6.07) is 0.